The maximum Gasteiger partial charge on any atom is 0.373 e. The largest absolute Gasteiger partial charge is 0.373 e. The van der Waals surface area contributed by atoms with Gasteiger partial charge < -0.3 is 43.0 Å². The molecule has 0 radical (unpaired) electrons. The van der Waals surface area contributed by atoms with E-state index in [2.05, 4.69) is 67.4 Å². The van der Waals surface area contributed by atoms with Crippen LogP contribution in [-0.2, 0) is 71.1 Å². The van der Waals surface area contributed by atoms with E-state index in [1.54, 1.807) is 42.4 Å². The predicted octanol–water partition coefficient (Wildman–Crippen LogP) is 16.0. The minimum atomic E-state index is -5.35. The molecule has 0 aliphatic carbocycles. The summed E-state index contributed by atoms with van der Waals surface area (Å²) in [7, 11) is -3.70. The first-order valence-corrected chi connectivity index (χ1v) is 48.9. The Morgan fingerprint density at radius 2 is 0.713 bits per heavy atom. The molecule has 0 saturated heterocycles. The monoisotopic (exact) mass is 1960 g/mol. The number of halogens is 15. The molecule has 37 heteroatoms. The van der Waals surface area contributed by atoms with E-state index in [1.807, 2.05) is 77.1 Å². The second-order valence-electron chi connectivity index (χ2n) is 21.3. The number of benzene rings is 6. The average Bonchev–Trinajstić information content (AvgIpc) is 0.863. The van der Waals surface area contributed by atoms with E-state index in [4.69, 9.17) is 66.7 Å². The number of thioether (sulfide) groups is 3. The molecule has 1 N–H and O–H groups in total. The summed E-state index contributed by atoms with van der Waals surface area (Å²) in [5, 5.41) is 9.57. The van der Waals surface area contributed by atoms with E-state index in [9.17, 15) is 66.2 Å². The van der Waals surface area contributed by atoms with E-state index in [0.29, 0.717) is 89.1 Å². The van der Waals surface area contributed by atoms with E-state index in [-0.39, 0.29) is 49.4 Å². The summed E-state index contributed by atoms with van der Waals surface area (Å²) >= 11 is 10.3. The zero-order valence-electron chi connectivity index (χ0n) is 59.9. The Bertz CT molecular complexity index is 3580. The van der Waals surface area contributed by atoms with Crippen molar-refractivity contribution in [2.45, 2.75) is 107 Å². The SMILES string of the molecule is CCCOc1ccc(SCC(CO)COc2ccc(C(F)(F)F)cc2)cc1C.CCCOc1ccc(SCC(COCC)COc2ccc(C(F)(F)F)cc2)cc1C.CCOCC(COc1ccc(C(F)(F)F)cc1)CSc1ccc(OC)c(C)c1.CCOS(=O)(=O)C(F)(F)F.I[I-]I.O=C=O.O=C=O.O=C=O. The molecule has 6 rings (SSSR count). The molecule has 3 atom stereocenters. The number of hydrogen-bond acceptors (Lipinski definition) is 21. The molecule has 0 bridgehead atoms. The van der Waals surface area contributed by atoms with Crippen LogP contribution in [0.3, 0.4) is 0 Å². The summed E-state index contributed by atoms with van der Waals surface area (Å²) < 4.78 is 216. The van der Waals surface area contributed by atoms with Gasteiger partial charge >= 0.3 is 103 Å². The van der Waals surface area contributed by atoms with Gasteiger partial charge in [0, 0.05) is 69.5 Å². The summed E-state index contributed by atoms with van der Waals surface area (Å²) in [5.41, 5.74) is -4.17. The fourth-order valence-electron chi connectivity index (χ4n) is 7.85. The molecule has 0 heterocycles. The second-order valence-corrected chi connectivity index (χ2v) is 42.5. The maximum atomic E-state index is 12.7. The van der Waals surface area contributed by atoms with Gasteiger partial charge in [-0.15, -0.1) is 35.3 Å². The van der Waals surface area contributed by atoms with Crippen LogP contribution in [0.15, 0.2) is 142 Å². The first-order valence-electron chi connectivity index (χ1n) is 31.9. The van der Waals surface area contributed by atoms with Crippen LogP contribution >= 0.6 is 72.5 Å². The van der Waals surface area contributed by atoms with Crippen LogP contribution in [0.2, 0.25) is 0 Å². The Morgan fingerprint density at radius 3 is 0.935 bits per heavy atom. The van der Waals surface area contributed by atoms with Crippen molar-refractivity contribution < 1.29 is 150 Å². The molecular formula is C71H84F12I3O18S4-. The molecule has 0 aliphatic rings. The van der Waals surface area contributed by atoms with E-state index >= 15 is 0 Å². The third-order valence-corrected chi connectivity index (χ3v) is 17.8. The molecule has 0 saturated carbocycles. The van der Waals surface area contributed by atoms with Gasteiger partial charge in [0.05, 0.1) is 76.7 Å². The fourth-order valence-corrected chi connectivity index (χ4v) is 11.4. The van der Waals surface area contributed by atoms with Crippen molar-refractivity contribution >= 4 is 101 Å². The molecule has 108 heavy (non-hydrogen) atoms. The Hall–Kier alpha value is -5.55. The number of methoxy groups -OCH3 is 1. The number of hydrogen-bond donors (Lipinski definition) is 1. The molecule has 0 aliphatic heterocycles. The van der Waals surface area contributed by atoms with Crippen molar-refractivity contribution in [2.75, 3.05) is 97.0 Å². The number of ether oxygens (including phenoxy) is 8. The third-order valence-electron chi connectivity index (χ3n) is 13.0. The summed E-state index contributed by atoms with van der Waals surface area (Å²) in [6, 6.07) is 32.2. The van der Waals surface area contributed by atoms with Gasteiger partial charge in [-0.2, -0.15) is 89.9 Å². The minimum Gasteiger partial charge on any atom is -0.186 e. The molecular weight excluding hydrogens is 1880 g/mol. The molecule has 3 unspecified atom stereocenters. The molecule has 0 spiro atoms. The molecule has 6 aromatic rings. The number of carbonyl (C=O) groups excluding carboxylic acids is 6. The summed E-state index contributed by atoms with van der Waals surface area (Å²) in [6.07, 6.45) is -10.4. The van der Waals surface area contributed by atoms with Gasteiger partial charge in [0.15, 0.2) is 0 Å². The summed E-state index contributed by atoms with van der Waals surface area (Å²) in [6.45, 7) is 19.2. The van der Waals surface area contributed by atoms with Crippen LogP contribution in [-0.4, -0.2) is 135 Å². The van der Waals surface area contributed by atoms with Gasteiger partial charge in [0.2, 0.25) is 0 Å². The average molecular weight is 1960 g/mol. The number of rotatable bonds is 34. The topological polar surface area (TPSA) is 240 Å². The zero-order valence-corrected chi connectivity index (χ0v) is 69.6. The van der Waals surface area contributed by atoms with E-state index in [1.165, 1.54) is 36.4 Å². The Morgan fingerprint density at radius 1 is 0.435 bits per heavy atom. The van der Waals surface area contributed by atoms with Crippen molar-refractivity contribution in [3.05, 3.63) is 161 Å². The van der Waals surface area contributed by atoms with Crippen LogP contribution in [0.5, 0.6) is 34.5 Å². The third kappa shape index (κ3) is 47.6. The first-order chi connectivity index (χ1) is 51.0. The van der Waals surface area contributed by atoms with Crippen molar-refractivity contribution in [1.82, 2.24) is 0 Å². The van der Waals surface area contributed by atoms with Gasteiger partial charge in [0.25, 0.3) is 0 Å². The van der Waals surface area contributed by atoms with Crippen molar-refractivity contribution in [3.63, 3.8) is 0 Å². The second kappa shape index (κ2) is 59.2. The molecule has 0 aromatic heterocycles. The normalized spacial score (nSPS) is 11.7. The standard InChI is InChI=1S/C23H29F3O3S.2C21H25F3O3S.C3H5F3O3S.3CO2.I3/c1-4-12-28-22-11-10-21(13-17(22)3)30-16-18(14-27-5-2)15-29-20-8-6-19(7-9-20)23(24,25)26;1-4-26-12-16(14-28-19-9-10-20(25-3)15(2)11-19)13-27-18-7-5-17(6-8-18)21(22,23)24;1-3-10-26-20-9-8-19(11-15(20)2)28-14-16(12-25)13-27-18-6-4-17(5-7-18)21(22,23)24;1-2-9-10(7,8)3(4,5)6;3*2-1-3;1-3-2/h6-11,13,18H,4-5,12,14-16H2,1-3H3;5-11,16H,4,12-14H2,1-3H3;4-9,11,16,25H,3,10,12-14H2,1-2H3;2H2,1H3;;;;/q;;;;;;;-1. The zero-order chi connectivity index (χ0) is 82.4. The van der Waals surface area contributed by atoms with Crippen LogP contribution in [0, 0.1) is 38.5 Å². The van der Waals surface area contributed by atoms with Crippen LogP contribution in [0.25, 0.3) is 0 Å². The fraction of sp³-hybridized carbons (Fsp3) is 0.451. The number of aliphatic hydroxyl groups excluding tert-OH is 1. The van der Waals surface area contributed by atoms with E-state index < -0.39 is 57.5 Å². The molecule has 6 aromatic carbocycles. The Labute approximate surface area is 662 Å². The van der Waals surface area contributed by atoms with Gasteiger partial charge in [-0.3, -0.25) is 4.18 Å². The van der Waals surface area contributed by atoms with E-state index in [0.717, 1.165) is 116 Å². The van der Waals surface area contributed by atoms with Gasteiger partial charge in [0.1, 0.15) is 34.5 Å². The molecule has 0 fully saturated rings. The maximum absolute atomic E-state index is 12.7. The summed E-state index contributed by atoms with van der Waals surface area (Å²) in [4.78, 5) is 52.1. The first kappa shape index (κ1) is 104. The van der Waals surface area contributed by atoms with Crippen LogP contribution < -0.4 is 41.7 Å². The van der Waals surface area contributed by atoms with Crippen LogP contribution in [0.1, 0.15) is 80.8 Å². The number of alkyl halides is 12. The van der Waals surface area contributed by atoms with Gasteiger partial charge in [-0.25, -0.2) is 0 Å². The smallest absolute Gasteiger partial charge is 0.186 e. The predicted molar refractivity (Wildman–Crippen MR) is 395 cm³/mol. The quantitative estimate of drug-likeness (QED) is 0.0130. The van der Waals surface area contributed by atoms with Crippen molar-refractivity contribution in [2.24, 2.45) is 17.8 Å². The van der Waals surface area contributed by atoms with Gasteiger partial charge in [-0.05, 0) is 198 Å². The van der Waals surface area contributed by atoms with Gasteiger partial charge in [-0.1, -0.05) is 13.8 Å². The minimum absolute atomic E-state index is 0.0652. The van der Waals surface area contributed by atoms with Crippen LogP contribution in [0.4, 0.5) is 52.7 Å². The Kier molecular flexibility index (Phi) is 57.3. The van der Waals surface area contributed by atoms with Crippen molar-refractivity contribution in [3.8, 4) is 34.5 Å². The summed E-state index contributed by atoms with van der Waals surface area (Å²) in [5.74, 6) is 6.06. The molecule has 0 amide bonds. The molecule has 606 valence electrons. The Balaban J connectivity index is 0. The molecule has 18 nitrogen and oxygen atoms in total. The van der Waals surface area contributed by atoms with Crippen molar-refractivity contribution in [1.29, 1.82) is 0 Å². The number of aryl methyl sites for hydroxylation is 3. The number of aliphatic hydroxyl groups is 1.